The summed E-state index contributed by atoms with van der Waals surface area (Å²) >= 11 is 5.84. The number of amidine groups is 1. The smallest absolute Gasteiger partial charge is 0.349 e. The van der Waals surface area contributed by atoms with Crippen LogP contribution in [-0.4, -0.2) is 16.0 Å². The van der Waals surface area contributed by atoms with E-state index >= 15 is 0 Å². The minimum atomic E-state index is 0.112. The SMILES string of the molecule is N/C(=N/c1nc(-c2ccc(Cl)cc2)no1)c1ccccc1. The Hall–Kier alpha value is -2.66. The second kappa shape index (κ2) is 5.76. The van der Waals surface area contributed by atoms with Crippen LogP contribution >= 0.6 is 11.6 Å². The van der Waals surface area contributed by atoms with Gasteiger partial charge in [0.15, 0.2) is 0 Å². The molecule has 0 bridgehead atoms. The first-order valence-electron chi connectivity index (χ1n) is 6.21. The molecule has 0 aliphatic carbocycles. The van der Waals surface area contributed by atoms with Crippen LogP contribution in [0.4, 0.5) is 6.01 Å². The Balaban J connectivity index is 1.87. The quantitative estimate of drug-likeness (QED) is 0.593. The summed E-state index contributed by atoms with van der Waals surface area (Å²) in [7, 11) is 0. The molecule has 0 radical (unpaired) electrons. The van der Waals surface area contributed by atoms with Crippen LogP contribution in [0.5, 0.6) is 0 Å². The minimum absolute atomic E-state index is 0.112. The fraction of sp³-hybridized carbons (Fsp3) is 0. The lowest BCUT2D eigenvalue weighted by atomic mass is 10.2. The van der Waals surface area contributed by atoms with Crippen molar-refractivity contribution in [3.05, 3.63) is 65.2 Å². The van der Waals surface area contributed by atoms with Crippen molar-refractivity contribution in [2.75, 3.05) is 0 Å². The lowest BCUT2D eigenvalue weighted by molar-refractivity contribution is 0.430. The molecule has 3 aromatic rings. The lowest BCUT2D eigenvalue weighted by Gasteiger charge is -1.97. The van der Waals surface area contributed by atoms with Gasteiger partial charge in [0.25, 0.3) is 0 Å². The topological polar surface area (TPSA) is 77.3 Å². The molecule has 0 aliphatic rings. The van der Waals surface area contributed by atoms with Gasteiger partial charge in [-0.25, -0.2) is 0 Å². The second-order valence-corrected chi connectivity index (χ2v) is 4.71. The van der Waals surface area contributed by atoms with Crippen molar-refractivity contribution in [2.24, 2.45) is 10.7 Å². The number of hydrogen-bond donors (Lipinski definition) is 1. The van der Waals surface area contributed by atoms with Gasteiger partial charge in [0.05, 0.1) is 0 Å². The molecule has 1 aromatic heterocycles. The van der Waals surface area contributed by atoms with Gasteiger partial charge in [0.2, 0.25) is 5.82 Å². The Bertz CT molecular complexity index is 766. The van der Waals surface area contributed by atoms with E-state index in [-0.39, 0.29) is 6.01 Å². The van der Waals surface area contributed by atoms with Gasteiger partial charge in [0, 0.05) is 16.1 Å². The maximum absolute atomic E-state index is 5.90. The molecule has 0 atom stereocenters. The summed E-state index contributed by atoms with van der Waals surface area (Å²) in [5, 5.41) is 4.52. The summed E-state index contributed by atoms with van der Waals surface area (Å²) in [5.41, 5.74) is 7.49. The zero-order chi connectivity index (χ0) is 14.7. The largest absolute Gasteiger partial charge is 0.383 e. The highest BCUT2D eigenvalue weighted by molar-refractivity contribution is 6.30. The zero-order valence-corrected chi connectivity index (χ0v) is 11.7. The number of aromatic nitrogens is 2. The fourth-order valence-electron chi connectivity index (χ4n) is 1.75. The van der Waals surface area contributed by atoms with E-state index in [1.54, 1.807) is 24.3 Å². The van der Waals surface area contributed by atoms with Gasteiger partial charge in [-0.05, 0) is 24.3 Å². The maximum atomic E-state index is 5.90. The van der Waals surface area contributed by atoms with Crippen LogP contribution in [0.3, 0.4) is 0 Å². The maximum Gasteiger partial charge on any atom is 0.349 e. The van der Waals surface area contributed by atoms with Crippen molar-refractivity contribution < 1.29 is 4.52 Å². The first-order chi connectivity index (χ1) is 10.2. The van der Waals surface area contributed by atoms with Gasteiger partial charge in [-0.3, -0.25) is 0 Å². The fourth-order valence-corrected chi connectivity index (χ4v) is 1.88. The van der Waals surface area contributed by atoms with Crippen molar-refractivity contribution in [2.45, 2.75) is 0 Å². The molecule has 21 heavy (non-hydrogen) atoms. The number of nitrogens with two attached hydrogens (primary N) is 1. The number of rotatable bonds is 3. The molecule has 0 saturated heterocycles. The predicted molar refractivity (Wildman–Crippen MR) is 81.6 cm³/mol. The normalized spacial score (nSPS) is 11.6. The Labute approximate surface area is 126 Å². The van der Waals surface area contributed by atoms with Crippen molar-refractivity contribution in [1.29, 1.82) is 0 Å². The van der Waals surface area contributed by atoms with Crippen molar-refractivity contribution >= 4 is 23.5 Å². The van der Waals surface area contributed by atoms with Crippen molar-refractivity contribution in [3.8, 4) is 11.4 Å². The molecule has 2 aromatic carbocycles. The zero-order valence-electron chi connectivity index (χ0n) is 10.9. The molecule has 0 spiro atoms. The van der Waals surface area contributed by atoms with Gasteiger partial charge in [0.1, 0.15) is 5.84 Å². The summed E-state index contributed by atoms with van der Waals surface area (Å²) in [6.07, 6.45) is 0. The first kappa shape index (κ1) is 13.3. The van der Waals surface area contributed by atoms with E-state index in [1.165, 1.54) is 0 Å². The molecule has 3 rings (SSSR count). The predicted octanol–water partition coefficient (Wildman–Crippen LogP) is 3.43. The summed E-state index contributed by atoms with van der Waals surface area (Å²) in [6.45, 7) is 0. The molecule has 0 fully saturated rings. The van der Waals surface area contributed by atoms with E-state index in [0.29, 0.717) is 16.7 Å². The molecular weight excluding hydrogens is 288 g/mol. The van der Waals surface area contributed by atoms with E-state index in [0.717, 1.165) is 11.1 Å². The van der Waals surface area contributed by atoms with Gasteiger partial charge in [-0.2, -0.15) is 9.98 Å². The molecule has 0 unspecified atom stereocenters. The Morgan fingerprint density at radius 1 is 1.05 bits per heavy atom. The first-order valence-corrected chi connectivity index (χ1v) is 6.59. The molecular formula is C15H11ClN4O. The molecule has 1 heterocycles. The lowest BCUT2D eigenvalue weighted by Crippen LogP contribution is -2.12. The third-order valence-electron chi connectivity index (χ3n) is 2.80. The van der Waals surface area contributed by atoms with Crippen LogP contribution in [0.25, 0.3) is 11.4 Å². The number of benzene rings is 2. The van der Waals surface area contributed by atoms with Crippen LogP contribution in [-0.2, 0) is 0 Å². The van der Waals surface area contributed by atoms with Crippen LogP contribution in [0.15, 0.2) is 64.1 Å². The highest BCUT2D eigenvalue weighted by Crippen LogP contribution is 2.21. The van der Waals surface area contributed by atoms with Gasteiger partial charge >= 0.3 is 6.01 Å². The monoisotopic (exact) mass is 298 g/mol. The molecule has 6 heteroatoms. The Morgan fingerprint density at radius 3 is 2.48 bits per heavy atom. The summed E-state index contributed by atoms with van der Waals surface area (Å²) in [6, 6.07) is 16.6. The molecule has 5 nitrogen and oxygen atoms in total. The van der Waals surface area contributed by atoms with E-state index in [4.69, 9.17) is 21.9 Å². The van der Waals surface area contributed by atoms with Crippen molar-refractivity contribution in [3.63, 3.8) is 0 Å². The van der Waals surface area contributed by atoms with E-state index in [9.17, 15) is 0 Å². The second-order valence-electron chi connectivity index (χ2n) is 4.27. The van der Waals surface area contributed by atoms with Crippen LogP contribution in [0.2, 0.25) is 5.02 Å². The standard InChI is InChI=1S/C15H11ClN4O/c16-12-8-6-11(7-9-12)14-19-15(21-20-14)18-13(17)10-4-2-1-3-5-10/h1-9H,(H2,17,18,19,20). The van der Waals surface area contributed by atoms with E-state index in [2.05, 4.69) is 15.1 Å². The number of aliphatic imine (C=N–C) groups is 1. The summed E-state index contributed by atoms with van der Waals surface area (Å²) in [5.74, 6) is 0.758. The molecule has 2 N–H and O–H groups in total. The molecule has 0 saturated carbocycles. The van der Waals surface area contributed by atoms with Crippen LogP contribution < -0.4 is 5.73 Å². The minimum Gasteiger partial charge on any atom is -0.383 e. The highest BCUT2D eigenvalue weighted by atomic mass is 35.5. The molecule has 0 amide bonds. The summed E-state index contributed by atoms with van der Waals surface area (Å²) in [4.78, 5) is 8.31. The number of halogens is 1. The summed E-state index contributed by atoms with van der Waals surface area (Å²) < 4.78 is 5.08. The van der Waals surface area contributed by atoms with E-state index in [1.807, 2.05) is 30.3 Å². The highest BCUT2D eigenvalue weighted by Gasteiger charge is 2.08. The number of nitrogens with zero attached hydrogens (tertiary/aromatic N) is 3. The third kappa shape index (κ3) is 3.09. The van der Waals surface area contributed by atoms with Crippen LogP contribution in [0, 0.1) is 0 Å². The molecule has 0 aliphatic heterocycles. The van der Waals surface area contributed by atoms with E-state index < -0.39 is 0 Å². The van der Waals surface area contributed by atoms with Gasteiger partial charge < -0.3 is 10.3 Å². The average molecular weight is 299 g/mol. The van der Waals surface area contributed by atoms with Crippen molar-refractivity contribution in [1.82, 2.24) is 10.1 Å². The molecule has 104 valence electrons. The van der Waals surface area contributed by atoms with Gasteiger partial charge in [-0.15, -0.1) is 0 Å². The Kier molecular flexibility index (Phi) is 3.66. The van der Waals surface area contributed by atoms with Crippen LogP contribution in [0.1, 0.15) is 5.56 Å². The Morgan fingerprint density at radius 2 is 1.76 bits per heavy atom. The third-order valence-corrected chi connectivity index (χ3v) is 3.06. The average Bonchev–Trinajstić information content (AvgIpc) is 2.97. The van der Waals surface area contributed by atoms with Gasteiger partial charge in [-0.1, -0.05) is 47.1 Å². The number of hydrogen-bond acceptors (Lipinski definition) is 4.